The first kappa shape index (κ1) is 35.4. The maximum absolute atomic E-state index is 12.9. The van der Waals surface area contributed by atoms with Gasteiger partial charge in [-0.2, -0.15) is 26.3 Å². The number of nitrogens with one attached hydrogen (secondary N) is 2. The molecule has 3 N–H and O–H groups in total. The first-order valence-electron chi connectivity index (χ1n) is 13.1. The van der Waals surface area contributed by atoms with Crippen LogP contribution in [-0.4, -0.2) is 108 Å². The van der Waals surface area contributed by atoms with Crippen LogP contribution in [-0.2, 0) is 16.0 Å². The zero-order valence-electron chi connectivity index (χ0n) is 22.8. The van der Waals surface area contributed by atoms with Crippen LogP contribution >= 0.6 is 0 Å². The molecule has 1 aliphatic rings. The SMILES string of the molecule is O=C(NCC(F)(F)F)c1ccc(-n2nnc(C(=O)NCCN3CCOCC3)c2CCCCCF)cc1.O=C(O)C(F)(F)F. The number of carbonyl (C=O) groups excluding carboxylic acids is 2. The van der Waals surface area contributed by atoms with Gasteiger partial charge in [-0.25, -0.2) is 9.48 Å². The largest absolute Gasteiger partial charge is 0.490 e. The number of aliphatic carboxylic acids is 1. The molecule has 2 heterocycles. The van der Waals surface area contributed by atoms with Gasteiger partial charge < -0.3 is 20.5 Å². The molecule has 240 valence electrons. The van der Waals surface area contributed by atoms with E-state index in [2.05, 4.69) is 20.5 Å². The number of amides is 2. The number of nitrogens with zero attached hydrogens (tertiary/aromatic N) is 4. The molecule has 0 radical (unpaired) electrons. The van der Waals surface area contributed by atoms with Crippen LogP contribution in [0.5, 0.6) is 0 Å². The summed E-state index contributed by atoms with van der Waals surface area (Å²) in [6, 6.07) is 5.78. The summed E-state index contributed by atoms with van der Waals surface area (Å²) < 4.78 is 88.1. The van der Waals surface area contributed by atoms with E-state index in [0.717, 1.165) is 13.1 Å². The summed E-state index contributed by atoms with van der Waals surface area (Å²) in [6.07, 6.45) is -7.52. The number of carbonyl (C=O) groups is 3. The number of ether oxygens (including phenoxy) is 1. The normalized spacial score (nSPS) is 14.0. The Labute approximate surface area is 241 Å². The Kier molecular flexibility index (Phi) is 13.8. The standard InChI is InChI=1S/C23H30F4N6O3.C2HF3O2/c24-9-3-1-2-4-19-20(22(35)28-10-11-32-12-14-36-15-13-32)30-31-33(19)18-7-5-17(6-8-18)21(34)29-16-23(25,26)27;3-2(4,5)1(6)7/h5-8H,1-4,9-16H2,(H,28,35)(H,29,34);(H,6,7). The number of alkyl halides is 7. The quantitative estimate of drug-likeness (QED) is 0.241. The van der Waals surface area contributed by atoms with Gasteiger partial charge in [-0.15, -0.1) is 5.10 Å². The maximum Gasteiger partial charge on any atom is 0.490 e. The molecule has 2 aromatic rings. The van der Waals surface area contributed by atoms with E-state index >= 15 is 0 Å². The first-order chi connectivity index (χ1) is 20.2. The number of hydrogen-bond donors (Lipinski definition) is 3. The number of aromatic nitrogens is 3. The molecule has 0 spiro atoms. The molecule has 1 saturated heterocycles. The van der Waals surface area contributed by atoms with Gasteiger partial charge in [0.2, 0.25) is 0 Å². The maximum atomic E-state index is 12.9. The minimum absolute atomic E-state index is 0.0497. The van der Waals surface area contributed by atoms with E-state index < -0.39 is 37.4 Å². The molecule has 0 aliphatic carbocycles. The van der Waals surface area contributed by atoms with Crippen LogP contribution < -0.4 is 10.6 Å². The van der Waals surface area contributed by atoms with Gasteiger partial charge in [0.1, 0.15) is 6.54 Å². The van der Waals surface area contributed by atoms with E-state index in [1.807, 2.05) is 5.32 Å². The molecule has 0 bridgehead atoms. The number of rotatable bonds is 12. The van der Waals surface area contributed by atoms with Crippen LogP contribution in [0.25, 0.3) is 5.69 Å². The third-order valence-electron chi connectivity index (χ3n) is 5.91. The van der Waals surface area contributed by atoms with Crippen LogP contribution in [0.1, 0.15) is 45.8 Å². The van der Waals surface area contributed by atoms with Crippen molar-refractivity contribution < 1.29 is 55.0 Å². The molecule has 0 saturated carbocycles. The fourth-order valence-electron chi connectivity index (χ4n) is 3.75. The van der Waals surface area contributed by atoms with Crippen molar-refractivity contribution in [3.63, 3.8) is 0 Å². The lowest BCUT2D eigenvalue weighted by Crippen LogP contribution is -2.41. The number of unbranched alkanes of at least 4 members (excludes halogenated alkanes) is 2. The number of hydrogen-bond acceptors (Lipinski definition) is 7. The van der Waals surface area contributed by atoms with Crippen molar-refractivity contribution in [2.24, 2.45) is 0 Å². The minimum atomic E-state index is -5.08. The summed E-state index contributed by atoms with van der Waals surface area (Å²) >= 11 is 0. The van der Waals surface area contributed by atoms with Crippen LogP contribution in [0.3, 0.4) is 0 Å². The van der Waals surface area contributed by atoms with E-state index in [9.17, 15) is 40.3 Å². The molecular formula is C25H31F7N6O5. The van der Waals surface area contributed by atoms with E-state index in [4.69, 9.17) is 14.6 Å². The Hall–Kier alpha value is -3.80. The van der Waals surface area contributed by atoms with Gasteiger partial charge in [0.05, 0.1) is 31.3 Å². The average Bonchev–Trinajstić information content (AvgIpc) is 3.38. The zero-order valence-corrected chi connectivity index (χ0v) is 22.8. The predicted molar refractivity (Wildman–Crippen MR) is 137 cm³/mol. The fraction of sp³-hybridized carbons (Fsp3) is 0.560. The van der Waals surface area contributed by atoms with Gasteiger partial charge >= 0.3 is 18.3 Å². The summed E-state index contributed by atoms with van der Waals surface area (Å²) in [4.78, 5) is 35.9. The molecule has 1 aliphatic heterocycles. The highest BCUT2D eigenvalue weighted by Crippen LogP contribution is 2.18. The van der Waals surface area contributed by atoms with E-state index in [-0.39, 0.29) is 17.2 Å². The Morgan fingerprint density at radius 3 is 2.12 bits per heavy atom. The molecule has 0 atom stereocenters. The third kappa shape index (κ3) is 12.5. The predicted octanol–water partition coefficient (Wildman–Crippen LogP) is 2.94. The monoisotopic (exact) mass is 628 g/mol. The number of morpholine rings is 1. The van der Waals surface area contributed by atoms with Gasteiger partial charge in [0.25, 0.3) is 11.8 Å². The second kappa shape index (κ2) is 16.7. The zero-order chi connectivity index (χ0) is 32.0. The Balaban J connectivity index is 0.000000821. The van der Waals surface area contributed by atoms with Gasteiger partial charge in [-0.3, -0.25) is 18.9 Å². The summed E-state index contributed by atoms with van der Waals surface area (Å²) in [7, 11) is 0. The molecule has 1 fully saturated rings. The fourth-order valence-corrected chi connectivity index (χ4v) is 3.75. The minimum Gasteiger partial charge on any atom is -0.475 e. The van der Waals surface area contributed by atoms with Crippen LogP contribution in [0, 0.1) is 0 Å². The number of carboxylic acid groups (broad SMARTS) is 1. The van der Waals surface area contributed by atoms with Crippen molar-refractivity contribution in [1.82, 2.24) is 30.5 Å². The van der Waals surface area contributed by atoms with Crippen LogP contribution in [0.2, 0.25) is 0 Å². The van der Waals surface area contributed by atoms with Crippen molar-refractivity contribution in [3.05, 3.63) is 41.2 Å². The van der Waals surface area contributed by atoms with Crippen molar-refractivity contribution >= 4 is 17.8 Å². The Morgan fingerprint density at radius 2 is 1.56 bits per heavy atom. The first-order valence-corrected chi connectivity index (χ1v) is 13.1. The van der Waals surface area contributed by atoms with E-state index in [1.165, 1.54) is 28.9 Å². The number of benzene rings is 1. The van der Waals surface area contributed by atoms with Crippen molar-refractivity contribution in [2.45, 2.75) is 38.0 Å². The lowest BCUT2D eigenvalue weighted by atomic mass is 10.1. The molecule has 1 aromatic heterocycles. The summed E-state index contributed by atoms with van der Waals surface area (Å²) in [5, 5.41) is 20.0. The lowest BCUT2D eigenvalue weighted by Gasteiger charge is -2.26. The summed E-state index contributed by atoms with van der Waals surface area (Å²) in [5.41, 5.74) is 1.23. The van der Waals surface area contributed by atoms with E-state index in [0.29, 0.717) is 63.4 Å². The van der Waals surface area contributed by atoms with Crippen molar-refractivity contribution in [2.75, 3.05) is 52.6 Å². The second-order valence-electron chi connectivity index (χ2n) is 9.15. The molecule has 3 rings (SSSR count). The molecule has 18 heteroatoms. The third-order valence-corrected chi connectivity index (χ3v) is 5.91. The molecule has 0 unspecified atom stereocenters. The molecule has 2 amide bonds. The van der Waals surface area contributed by atoms with Crippen LogP contribution in [0.15, 0.2) is 24.3 Å². The summed E-state index contributed by atoms with van der Waals surface area (Å²) in [5.74, 6) is -3.99. The second-order valence-corrected chi connectivity index (χ2v) is 9.15. The Bertz CT molecular complexity index is 1180. The number of halogens is 7. The smallest absolute Gasteiger partial charge is 0.475 e. The van der Waals surface area contributed by atoms with E-state index in [1.54, 1.807) is 0 Å². The van der Waals surface area contributed by atoms with Gasteiger partial charge in [-0.05, 0) is 43.5 Å². The van der Waals surface area contributed by atoms with Crippen LogP contribution in [0.4, 0.5) is 30.7 Å². The highest BCUT2D eigenvalue weighted by atomic mass is 19.4. The topological polar surface area (TPSA) is 139 Å². The number of carboxylic acids is 1. The van der Waals surface area contributed by atoms with Gasteiger partial charge in [0.15, 0.2) is 5.69 Å². The van der Waals surface area contributed by atoms with Gasteiger partial charge in [0, 0.05) is 31.7 Å². The highest BCUT2D eigenvalue weighted by molar-refractivity contribution is 5.94. The van der Waals surface area contributed by atoms with Crippen molar-refractivity contribution in [3.8, 4) is 5.69 Å². The van der Waals surface area contributed by atoms with Gasteiger partial charge in [-0.1, -0.05) is 11.6 Å². The lowest BCUT2D eigenvalue weighted by molar-refractivity contribution is -0.192. The molecular weight excluding hydrogens is 597 g/mol. The average molecular weight is 629 g/mol. The molecule has 43 heavy (non-hydrogen) atoms. The Morgan fingerprint density at radius 1 is 0.930 bits per heavy atom. The van der Waals surface area contributed by atoms with Crippen molar-refractivity contribution in [1.29, 1.82) is 0 Å². The summed E-state index contributed by atoms with van der Waals surface area (Å²) in [6.45, 7) is 2.17. The highest BCUT2D eigenvalue weighted by Gasteiger charge is 2.38. The molecule has 11 nitrogen and oxygen atoms in total. The molecule has 1 aromatic carbocycles.